The number of hydrogen-bond acceptors (Lipinski definition) is 1. The molecule has 1 aliphatic rings. The van der Waals surface area contributed by atoms with E-state index in [4.69, 9.17) is 11.6 Å². The second-order valence-corrected chi connectivity index (χ2v) is 6.53. The van der Waals surface area contributed by atoms with Crippen molar-refractivity contribution in [3.63, 3.8) is 0 Å². The molecule has 110 valence electrons. The van der Waals surface area contributed by atoms with Crippen LogP contribution >= 0.6 is 11.6 Å². The maximum absolute atomic E-state index is 6.04. The predicted molar refractivity (Wildman–Crippen MR) is 89.9 cm³/mol. The maximum atomic E-state index is 6.04. The molecule has 1 fully saturated rings. The van der Waals surface area contributed by atoms with Gasteiger partial charge in [-0.15, -0.1) is 0 Å². The van der Waals surface area contributed by atoms with E-state index in [1.165, 1.54) is 24.0 Å². The van der Waals surface area contributed by atoms with Crippen LogP contribution in [0.15, 0.2) is 48.5 Å². The van der Waals surface area contributed by atoms with Crippen LogP contribution < -0.4 is 5.32 Å². The molecule has 3 rings (SSSR count). The highest BCUT2D eigenvalue weighted by molar-refractivity contribution is 6.30. The minimum absolute atomic E-state index is 0.440. The highest BCUT2D eigenvalue weighted by Crippen LogP contribution is 2.41. The Kier molecular flexibility index (Phi) is 4.62. The first-order chi connectivity index (χ1) is 10.2. The average Bonchev–Trinajstić information content (AvgIpc) is 3.30. The number of hydrogen-bond donors (Lipinski definition) is 1. The van der Waals surface area contributed by atoms with Crippen molar-refractivity contribution >= 4 is 11.6 Å². The van der Waals surface area contributed by atoms with Gasteiger partial charge in [0.1, 0.15) is 0 Å². The van der Waals surface area contributed by atoms with Gasteiger partial charge in [-0.05, 0) is 60.9 Å². The van der Waals surface area contributed by atoms with E-state index >= 15 is 0 Å². The van der Waals surface area contributed by atoms with Crippen LogP contribution in [-0.4, -0.2) is 6.04 Å². The molecule has 0 amide bonds. The van der Waals surface area contributed by atoms with Crippen LogP contribution in [-0.2, 0) is 13.0 Å². The Morgan fingerprint density at radius 3 is 2.71 bits per heavy atom. The van der Waals surface area contributed by atoms with Gasteiger partial charge in [-0.1, -0.05) is 48.0 Å². The average molecular weight is 300 g/mol. The van der Waals surface area contributed by atoms with Crippen LogP contribution in [0.5, 0.6) is 0 Å². The molecule has 0 aromatic heterocycles. The molecule has 2 aromatic carbocycles. The molecule has 1 aliphatic carbocycles. The molecule has 0 aliphatic heterocycles. The molecular formula is C19H22ClN. The van der Waals surface area contributed by atoms with Gasteiger partial charge in [-0.3, -0.25) is 0 Å². The molecule has 1 saturated carbocycles. The molecule has 1 nitrogen and oxygen atoms in total. The molecule has 1 unspecified atom stereocenters. The lowest BCUT2D eigenvalue weighted by molar-refractivity contribution is 0.544. The van der Waals surface area contributed by atoms with Crippen LogP contribution in [0.4, 0.5) is 0 Å². The number of halogens is 1. The monoisotopic (exact) mass is 299 g/mol. The second kappa shape index (κ2) is 6.64. The third-order valence-corrected chi connectivity index (χ3v) is 4.38. The topological polar surface area (TPSA) is 12.0 Å². The molecule has 2 aromatic rings. The largest absolute Gasteiger partial charge is 0.310 e. The van der Waals surface area contributed by atoms with Crippen molar-refractivity contribution < 1.29 is 0 Å². The first kappa shape index (κ1) is 14.6. The summed E-state index contributed by atoms with van der Waals surface area (Å²) in [6.45, 7) is 3.19. The molecule has 1 N–H and O–H groups in total. The van der Waals surface area contributed by atoms with Crippen LogP contribution in [0.3, 0.4) is 0 Å². The van der Waals surface area contributed by atoms with E-state index in [1.54, 1.807) is 5.56 Å². The van der Waals surface area contributed by atoms with Gasteiger partial charge in [0.15, 0.2) is 0 Å². The number of benzene rings is 2. The summed E-state index contributed by atoms with van der Waals surface area (Å²) in [6, 6.07) is 17.4. The van der Waals surface area contributed by atoms with Crippen molar-refractivity contribution in [1.29, 1.82) is 0 Å². The van der Waals surface area contributed by atoms with Crippen LogP contribution in [0, 0.1) is 0 Å². The molecule has 1 atom stereocenters. The lowest BCUT2D eigenvalue weighted by atomic mass is 10.0. The van der Waals surface area contributed by atoms with Gasteiger partial charge in [0.2, 0.25) is 0 Å². The fraction of sp³-hybridized carbons (Fsp3) is 0.368. The molecule has 0 spiro atoms. The standard InChI is InChI=1S/C19H22ClN/c1-14(11-15-5-4-7-18(20)12-15)21-13-17-6-2-3-8-19(17)16-9-10-16/h2-8,12,14,16,21H,9-11,13H2,1H3. The smallest absolute Gasteiger partial charge is 0.0408 e. The zero-order valence-corrected chi connectivity index (χ0v) is 13.2. The summed E-state index contributed by atoms with van der Waals surface area (Å²) in [4.78, 5) is 0. The van der Waals surface area contributed by atoms with Gasteiger partial charge in [-0.2, -0.15) is 0 Å². The van der Waals surface area contributed by atoms with Crippen LogP contribution in [0.2, 0.25) is 5.02 Å². The fourth-order valence-electron chi connectivity index (χ4n) is 2.86. The minimum Gasteiger partial charge on any atom is -0.310 e. The van der Waals surface area contributed by atoms with E-state index < -0.39 is 0 Å². The number of nitrogens with one attached hydrogen (secondary N) is 1. The summed E-state index contributed by atoms with van der Waals surface area (Å²) in [5.74, 6) is 0.811. The quantitative estimate of drug-likeness (QED) is 0.797. The summed E-state index contributed by atoms with van der Waals surface area (Å²) in [6.07, 6.45) is 3.72. The van der Waals surface area contributed by atoms with Crippen LogP contribution in [0.25, 0.3) is 0 Å². The second-order valence-electron chi connectivity index (χ2n) is 6.09. The van der Waals surface area contributed by atoms with E-state index in [1.807, 2.05) is 12.1 Å². The van der Waals surface area contributed by atoms with E-state index in [9.17, 15) is 0 Å². The van der Waals surface area contributed by atoms with E-state index in [-0.39, 0.29) is 0 Å². The van der Waals surface area contributed by atoms with Crippen molar-refractivity contribution in [1.82, 2.24) is 5.32 Å². The van der Waals surface area contributed by atoms with E-state index in [2.05, 4.69) is 48.6 Å². The Labute approximate surface area is 132 Å². The summed E-state index contributed by atoms with van der Waals surface area (Å²) in [7, 11) is 0. The number of rotatable bonds is 6. The third kappa shape index (κ3) is 4.09. The third-order valence-electron chi connectivity index (χ3n) is 4.14. The van der Waals surface area contributed by atoms with Crippen LogP contribution in [0.1, 0.15) is 42.4 Å². The van der Waals surface area contributed by atoms with Gasteiger partial charge in [0.25, 0.3) is 0 Å². The Bertz CT molecular complexity index is 604. The first-order valence-corrected chi connectivity index (χ1v) is 8.16. The minimum atomic E-state index is 0.440. The molecular weight excluding hydrogens is 278 g/mol. The zero-order chi connectivity index (χ0) is 14.7. The predicted octanol–water partition coefficient (Wildman–Crippen LogP) is 4.94. The van der Waals surface area contributed by atoms with Crippen molar-refractivity contribution in [3.05, 3.63) is 70.2 Å². The SMILES string of the molecule is CC(Cc1cccc(Cl)c1)NCc1ccccc1C1CC1. The summed E-state index contributed by atoms with van der Waals surface area (Å²) < 4.78 is 0. The summed E-state index contributed by atoms with van der Waals surface area (Å²) in [5, 5.41) is 4.47. The Morgan fingerprint density at radius 2 is 1.95 bits per heavy atom. The Morgan fingerprint density at radius 1 is 1.14 bits per heavy atom. The molecule has 21 heavy (non-hydrogen) atoms. The van der Waals surface area contributed by atoms with Gasteiger partial charge in [0.05, 0.1) is 0 Å². The lowest BCUT2D eigenvalue weighted by Crippen LogP contribution is -2.27. The van der Waals surface area contributed by atoms with Gasteiger partial charge >= 0.3 is 0 Å². The zero-order valence-electron chi connectivity index (χ0n) is 12.5. The Balaban J connectivity index is 1.57. The molecule has 0 radical (unpaired) electrons. The summed E-state index contributed by atoms with van der Waals surface area (Å²) in [5.41, 5.74) is 4.29. The van der Waals surface area contributed by atoms with Gasteiger partial charge < -0.3 is 5.32 Å². The van der Waals surface area contributed by atoms with Crippen molar-refractivity contribution in [2.75, 3.05) is 0 Å². The van der Waals surface area contributed by atoms with E-state index in [0.29, 0.717) is 6.04 Å². The van der Waals surface area contributed by atoms with Crippen molar-refractivity contribution in [3.8, 4) is 0 Å². The van der Waals surface area contributed by atoms with Crippen molar-refractivity contribution in [2.45, 2.75) is 44.7 Å². The maximum Gasteiger partial charge on any atom is 0.0408 e. The fourth-order valence-corrected chi connectivity index (χ4v) is 3.07. The highest BCUT2D eigenvalue weighted by atomic mass is 35.5. The first-order valence-electron chi connectivity index (χ1n) is 7.78. The van der Waals surface area contributed by atoms with Crippen molar-refractivity contribution in [2.24, 2.45) is 0 Å². The van der Waals surface area contributed by atoms with Gasteiger partial charge in [0, 0.05) is 17.6 Å². The molecule has 0 bridgehead atoms. The molecule has 0 saturated heterocycles. The summed E-state index contributed by atoms with van der Waals surface area (Å²) >= 11 is 6.04. The lowest BCUT2D eigenvalue weighted by Gasteiger charge is -2.16. The molecule has 2 heteroatoms. The van der Waals surface area contributed by atoms with E-state index in [0.717, 1.165) is 23.9 Å². The Hall–Kier alpha value is -1.31. The normalized spacial score (nSPS) is 15.9. The molecule has 0 heterocycles. The highest BCUT2D eigenvalue weighted by Gasteiger charge is 2.25. The van der Waals surface area contributed by atoms with Gasteiger partial charge in [-0.25, -0.2) is 0 Å².